The lowest BCUT2D eigenvalue weighted by atomic mass is 10.0. The fraction of sp³-hybridized carbons (Fsp3) is 0.379. The van der Waals surface area contributed by atoms with E-state index in [0.717, 1.165) is 66.3 Å². The molecule has 5 nitrogen and oxygen atoms in total. The summed E-state index contributed by atoms with van der Waals surface area (Å²) < 4.78 is 19.1. The van der Waals surface area contributed by atoms with Gasteiger partial charge in [-0.05, 0) is 85.3 Å². The predicted octanol–water partition coefficient (Wildman–Crippen LogP) is 4.49. The Morgan fingerprint density at radius 1 is 0.914 bits per heavy atom. The SMILES string of the molecule is Cc1cc(N)c(C)c(C)c1OCC(O)CN1CCN(c2ccc(Cc3ccc(F)cc3)cc2)CC1. The highest BCUT2D eigenvalue weighted by atomic mass is 19.1. The first kappa shape index (κ1) is 25.0. The fourth-order valence-electron chi connectivity index (χ4n) is 4.69. The van der Waals surface area contributed by atoms with Crippen LogP contribution in [0.2, 0.25) is 0 Å². The number of nitrogen functional groups attached to an aromatic ring is 1. The normalized spacial score (nSPS) is 15.3. The number of piperazine rings is 1. The number of ether oxygens (including phenoxy) is 1. The van der Waals surface area contributed by atoms with Crippen LogP contribution in [0.4, 0.5) is 15.8 Å². The molecule has 3 N–H and O–H groups in total. The van der Waals surface area contributed by atoms with Gasteiger partial charge in [0.15, 0.2) is 0 Å². The second-order valence-electron chi connectivity index (χ2n) is 9.58. The molecule has 0 bridgehead atoms. The Kier molecular flexibility index (Phi) is 7.93. The van der Waals surface area contributed by atoms with Crippen LogP contribution in [0.25, 0.3) is 0 Å². The van der Waals surface area contributed by atoms with E-state index in [0.29, 0.717) is 6.54 Å². The minimum absolute atomic E-state index is 0.203. The largest absolute Gasteiger partial charge is 0.490 e. The summed E-state index contributed by atoms with van der Waals surface area (Å²) in [5, 5.41) is 10.6. The molecule has 1 aliphatic rings. The molecule has 3 aromatic rings. The topological polar surface area (TPSA) is 62.0 Å². The van der Waals surface area contributed by atoms with Gasteiger partial charge in [0, 0.05) is 44.1 Å². The summed E-state index contributed by atoms with van der Waals surface area (Å²) in [6, 6.07) is 17.2. The summed E-state index contributed by atoms with van der Waals surface area (Å²) in [5.74, 6) is 0.619. The Hall–Kier alpha value is -3.09. The van der Waals surface area contributed by atoms with Crippen LogP contribution in [-0.4, -0.2) is 55.4 Å². The Morgan fingerprint density at radius 2 is 1.51 bits per heavy atom. The van der Waals surface area contributed by atoms with E-state index in [2.05, 4.69) is 34.1 Å². The molecule has 3 aromatic carbocycles. The van der Waals surface area contributed by atoms with Crippen molar-refractivity contribution in [2.24, 2.45) is 0 Å². The van der Waals surface area contributed by atoms with Crippen molar-refractivity contribution < 1.29 is 14.2 Å². The van der Waals surface area contributed by atoms with E-state index in [-0.39, 0.29) is 12.4 Å². The van der Waals surface area contributed by atoms with Gasteiger partial charge in [-0.2, -0.15) is 0 Å². The molecule has 1 unspecified atom stereocenters. The van der Waals surface area contributed by atoms with Crippen LogP contribution < -0.4 is 15.4 Å². The predicted molar refractivity (Wildman–Crippen MR) is 141 cm³/mol. The first-order valence-corrected chi connectivity index (χ1v) is 12.3. The molecule has 0 saturated carbocycles. The lowest BCUT2D eigenvalue weighted by Crippen LogP contribution is -2.49. The van der Waals surface area contributed by atoms with E-state index in [1.807, 2.05) is 39.0 Å². The highest BCUT2D eigenvalue weighted by Gasteiger charge is 2.20. The van der Waals surface area contributed by atoms with Crippen molar-refractivity contribution in [3.8, 4) is 5.75 Å². The van der Waals surface area contributed by atoms with E-state index < -0.39 is 6.10 Å². The van der Waals surface area contributed by atoms with E-state index in [1.165, 1.54) is 23.4 Å². The molecular weight excluding hydrogens is 441 g/mol. The van der Waals surface area contributed by atoms with Crippen LogP contribution >= 0.6 is 0 Å². The number of nitrogens with two attached hydrogens (primary N) is 1. The van der Waals surface area contributed by atoms with Crippen LogP contribution in [0.5, 0.6) is 5.75 Å². The molecule has 0 spiro atoms. The number of hydrogen-bond donors (Lipinski definition) is 2. The van der Waals surface area contributed by atoms with Gasteiger partial charge in [0.2, 0.25) is 0 Å². The maximum Gasteiger partial charge on any atom is 0.125 e. The lowest BCUT2D eigenvalue weighted by Gasteiger charge is -2.37. The molecule has 0 radical (unpaired) electrons. The molecule has 186 valence electrons. The quantitative estimate of drug-likeness (QED) is 0.468. The molecule has 1 aliphatic heterocycles. The molecule has 4 rings (SSSR count). The number of nitrogens with zero attached hydrogens (tertiary/aromatic N) is 2. The Morgan fingerprint density at radius 3 is 2.14 bits per heavy atom. The third-order valence-electron chi connectivity index (χ3n) is 6.95. The standard InChI is InChI=1S/C29H36FN3O2/c1-20-16-28(31)21(2)22(3)29(20)35-19-27(34)18-32-12-14-33(15-13-32)26-10-6-24(7-11-26)17-23-4-8-25(30)9-5-23/h4-11,16,27,34H,12-15,17-19,31H2,1-3H3. The maximum atomic E-state index is 13.1. The number of aliphatic hydroxyl groups is 1. The van der Waals surface area contributed by atoms with Gasteiger partial charge in [0.1, 0.15) is 24.3 Å². The van der Waals surface area contributed by atoms with Crippen molar-refractivity contribution in [1.82, 2.24) is 4.90 Å². The number of benzene rings is 3. The molecule has 6 heteroatoms. The van der Waals surface area contributed by atoms with Gasteiger partial charge in [-0.25, -0.2) is 4.39 Å². The summed E-state index contributed by atoms with van der Waals surface area (Å²) >= 11 is 0. The summed E-state index contributed by atoms with van der Waals surface area (Å²) in [5.41, 5.74) is 13.4. The molecule has 1 atom stereocenters. The Balaban J connectivity index is 1.23. The smallest absolute Gasteiger partial charge is 0.125 e. The van der Waals surface area contributed by atoms with Gasteiger partial charge in [-0.3, -0.25) is 4.90 Å². The molecule has 1 fully saturated rings. The number of anilines is 2. The maximum absolute atomic E-state index is 13.1. The van der Waals surface area contributed by atoms with Crippen LogP contribution in [-0.2, 0) is 6.42 Å². The van der Waals surface area contributed by atoms with Gasteiger partial charge in [-0.1, -0.05) is 24.3 Å². The monoisotopic (exact) mass is 477 g/mol. The van der Waals surface area contributed by atoms with Gasteiger partial charge in [-0.15, -0.1) is 0 Å². The Labute approximate surface area is 207 Å². The molecule has 0 amide bonds. The first-order chi connectivity index (χ1) is 16.8. The molecule has 35 heavy (non-hydrogen) atoms. The fourth-order valence-corrected chi connectivity index (χ4v) is 4.69. The van der Waals surface area contributed by atoms with Crippen molar-refractivity contribution in [3.63, 3.8) is 0 Å². The zero-order valence-electron chi connectivity index (χ0n) is 20.9. The van der Waals surface area contributed by atoms with Gasteiger partial charge < -0.3 is 20.5 Å². The number of rotatable bonds is 8. The average Bonchev–Trinajstić information content (AvgIpc) is 2.85. The third-order valence-corrected chi connectivity index (χ3v) is 6.95. The first-order valence-electron chi connectivity index (χ1n) is 12.3. The molecule has 1 heterocycles. The van der Waals surface area contributed by atoms with E-state index in [9.17, 15) is 9.50 Å². The van der Waals surface area contributed by atoms with Gasteiger partial charge in [0.05, 0.1) is 0 Å². The third kappa shape index (κ3) is 6.32. The average molecular weight is 478 g/mol. The lowest BCUT2D eigenvalue weighted by molar-refractivity contribution is 0.0658. The van der Waals surface area contributed by atoms with Gasteiger partial charge in [0.25, 0.3) is 0 Å². The molecular formula is C29H36FN3O2. The second kappa shape index (κ2) is 11.1. The minimum atomic E-state index is -0.552. The number of aliphatic hydroxyl groups excluding tert-OH is 1. The molecule has 0 aromatic heterocycles. The van der Waals surface area contributed by atoms with Crippen LogP contribution in [0.3, 0.4) is 0 Å². The van der Waals surface area contributed by atoms with Gasteiger partial charge >= 0.3 is 0 Å². The number of aryl methyl sites for hydroxylation is 1. The van der Waals surface area contributed by atoms with Crippen LogP contribution in [0.15, 0.2) is 54.6 Å². The highest BCUT2D eigenvalue weighted by molar-refractivity contribution is 5.59. The second-order valence-corrected chi connectivity index (χ2v) is 9.58. The van der Waals surface area contributed by atoms with Crippen molar-refractivity contribution in [3.05, 3.63) is 88.2 Å². The summed E-state index contributed by atoms with van der Waals surface area (Å²) in [6.45, 7) is 10.5. The summed E-state index contributed by atoms with van der Waals surface area (Å²) in [6.07, 6.45) is 0.243. The van der Waals surface area contributed by atoms with E-state index in [4.69, 9.17) is 10.5 Å². The van der Waals surface area contributed by atoms with Crippen molar-refractivity contribution in [1.29, 1.82) is 0 Å². The van der Waals surface area contributed by atoms with E-state index >= 15 is 0 Å². The zero-order valence-corrected chi connectivity index (χ0v) is 20.9. The summed E-state index contributed by atoms with van der Waals surface area (Å²) in [4.78, 5) is 4.67. The van der Waals surface area contributed by atoms with Crippen molar-refractivity contribution >= 4 is 11.4 Å². The van der Waals surface area contributed by atoms with E-state index in [1.54, 1.807) is 0 Å². The summed E-state index contributed by atoms with van der Waals surface area (Å²) in [7, 11) is 0. The molecule has 0 aliphatic carbocycles. The molecule has 1 saturated heterocycles. The van der Waals surface area contributed by atoms with Crippen molar-refractivity contribution in [2.45, 2.75) is 33.3 Å². The number of halogens is 1. The number of hydrogen-bond acceptors (Lipinski definition) is 5. The minimum Gasteiger partial charge on any atom is -0.490 e. The van der Waals surface area contributed by atoms with Crippen LogP contribution in [0.1, 0.15) is 27.8 Å². The Bertz CT molecular complexity index is 1120. The zero-order chi connectivity index (χ0) is 24.9. The van der Waals surface area contributed by atoms with Crippen molar-refractivity contribution in [2.75, 3.05) is 50.0 Å². The van der Waals surface area contributed by atoms with Crippen LogP contribution in [0, 0.1) is 26.6 Å². The highest BCUT2D eigenvalue weighted by Crippen LogP contribution is 2.30. The number of β-amino-alcohol motifs (C(OH)–C–C–N with tert-alkyl or cyclic N) is 1.